The van der Waals surface area contributed by atoms with Crippen molar-refractivity contribution in [2.75, 3.05) is 18.5 Å². The van der Waals surface area contributed by atoms with E-state index in [2.05, 4.69) is 10.4 Å². The van der Waals surface area contributed by atoms with Crippen LogP contribution in [0.3, 0.4) is 0 Å². The Kier molecular flexibility index (Phi) is 4.51. The highest BCUT2D eigenvalue weighted by Crippen LogP contribution is 2.26. The fraction of sp³-hybridized carbons (Fsp3) is 0.294. The second kappa shape index (κ2) is 6.82. The molecular formula is C17H18N4O3S2. The van der Waals surface area contributed by atoms with Gasteiger partial charge in [0.2, 0.25) is 5.91 Å². The van der Waals surface area contributed by atoms with Crippen LogP contribution in [0.2, 0.25) is 0 Å². The highest BCUT2D eigenvalue weighted by molar-refractivity contribution is 7.91. The second-order valence-corrected chi connectivity index (χ2v) is 9.33. The summed E-state index contributed by atoms with van der Waals surface area (Å²) in [6.45, 7) is 0.636. The van der Waals surface area contributed by atoms with Crippen LogP contribution in [-0.2, 0) is 14.8 Å². The van der Waals surface area contributed by atoms with Crippen LogP contribution < -0.4 is 5.43 Å². The van der Waals surface area contributed by atoms with E-state index >= 15 is 0 Å². The molecule has 0 bridgehead atoms. The average Bonchev–Trinajstić information content (AvgIpc) is 3.33. The molecule has 1 amide bonds. The number of hydrogen-bond acceptors (Lipinski definition) is 5. The number of carbonyl (C=O) groups excluding carboxylic acids is 1. The molecule has 1 unspecified atom stereocenters. The van der Waals surface area contributed by atoms with E-state index in [1.165, 1.54) is 15.6 Å². The molecule has 1 aliphatic rings. The van der Waals surface area contributed by atoms with E-state index in [9.17, 15) is 13.2 Å². The van der Waals surface area contributed by atoms with Crippen molar-refractivity contribution in [2.45, 2.75) is 17.1 Å². The van der Waals surface area contributed by atoms with Crippen molar-refractivity contribution in [1.29, 1.82) is 0 Å². The van der Waals surface area contributed by atoms with Crippen LogP contribution in [-0.4, -0.2) is 41.4 Å². The van der Waals surface area contributed by atoms with Gasteiger partial charge in [0.15, 0.2) is 0 Å². The number of nitrogens with zero attached hydrogens (tertiary/aromatic N) is 3. The van der Waals surface area contributed by atoms with Gasteiger partial charge >= 0.3 is 0 Å². The smallest absolute Gasteiger partial charge is 0.252 e. The molecule has 1 atom stereocenters. The standard InChI is InChI=1S/C17H18N4O3S2/c22-17(19-21-12-18-14-6-1-2-7-15(14)21)13-5-3-9-20(11-13)26(23,24)16-8-4-10-25-16/h1-2,4,6-8,10,12-13H,3,5,9,11H2,(H,19,22). The maximum absolute atomic E-state index is 12.7. The first-order valence-corrected chi connectivity index (χ1v) is 10.6. The highest BCUT2D eigenvalue weighted by atomic mass is 32.2. The zero-order valence-corrected chi connectivity index (χ0v) is 15.5. The van der Waals surface area contributed by atoms with E-state index in [0.717, 1.165) is 11.0 Å². The molecule has 1 fully saturated rings. The Balaban J connectivity index is 1.50. The largest absolute Gasteiger partial charge is 0.273 e. The van der Waals surface area contributed by atoms with Gasteiger partial charge < -0.3 is 0 Å². The zero-order valence-electron chi connectivity index (χ0n) is 13.9. The number of aromatic nitrogens is 2. The molecule has 136 valence electrons. The molecule has 0 saturated carbocycles. The van der Waals surface area contributed by atoms with Crippen LogP contribution in [0.4, 0.5) is 0 Å². The van der Waals surface area contributed by atoms with E-state index in [4.69, 9.17) is 0 Å². The summed E-state index contributed by atoms with van der Waals surface area (Å²) in [5.74, 6) is -0.584. The van der Waals surface area contributed by atoms with E-state index in [1.54, 1.807) is 28.5 Å². The molecule has 2 aromatic heterocycles. The van der Waals surface area contributed by atoms with Crippen LogP contribution in [0.5, 0.6) is 0 Å². The number of benzene rings is 1. The number of nitrogens with one attached hydrogen (secondary N) is 1. The first-order chi connectivity index (χ1) is 12.6. The Morgan fingerprint density at radius 1 is 1.23 bits per heavy atom. The minimum Gasteiger partial charge on any atom is -0.273 e. The first kappa shape index (κ1) is 17.2. The number of piperidine rings is 1. The molecule has 0 radical (unpaired) electrons. The number of imidazole rings is 1. The van der Waals surface area contributed by atoms with E-state index < -0.39 is 10.0 Å². The number of thiophene rings is 1. The van der Waals surface area contributed by atoms with Crippen molar-refractivity contribution >= 4 is 38.3 Å². The Bertz CT molecular complexity index is 1030. The fourth-order valence-electron chi connectivity index (χ4n) is 3.17. The van der Waals surface area contributed by atoms with Crippen molar-refractivity contribution < 1.29 is 13.2 Å². The van der Waals surface area contributed by atoms with Crippen molar-refractivity contribution in [3.05, 3.63) is 48.1 Å². The van der Waals surface area contributed by atoms with Gasteiger partial charge in [0, 0.05) is 13.1 Å². The third-order valence-corrected chi connectivity index (χ3v) is 7.77. The van der Waals surface area contributed by atoms with Crippen molar-refractivity contribution in [2.24, 2.45) is 5.92 Å². The SMILES string of the molecule is O=C(Nn1cnc2ccccc21)C1CCCN(S(=O)(=O)c2cccs2)C1. The molecule has 3 heterocycles. The lowest BCUT2D eigenvalue weighted by atomic mass is 9.99. The van der Waals surface area contributed by atoms with E-state index in [0.29, 0.717) is 23.6 Å². The normalized spacial score (nSPS) is 18.8. The summed E-state index contributed by atoms with van der Waals surface area (Å²) in [5, 5.41) is 1.74. The molecular weight excluding hydrogens is 372 g/mol. The molecule has 0 spiro atoms. The lowest BCUT2D eigenvalue weighted by molar-refractivity contribution is -0.121. The Labute approximate surface area is 155 Å². The predicted octanol–water partition coefficient (Wildman–Crippen LogP) is 2.27. The van der Waals surface area contributed by atoms with E-state index in [-0.39, 0.29) is 18.4 Å². The number of hydrogen-bond donors (Lipinski definition) is 1. The maximum Gasteiger partial charge on any atom is 0.252 e. The van der Waals surface area contributed by atoms with Crippen molar-refractivity contribution in [1.82, 2.24) is 14.0 Å². The molecule has 9 heteroatoms. The summed E-state index contributed by atoms with van der Waals surface area (Å²) in [6.07, 6.45) is 2.88. The zero-order chi connectivity index (χ0) is 18.1. The third kappa shape index (κ3) is 3.13. The topological polar surface area (TPSA) is 84.3 Å². The lowest BCUT2D eigenvalue weighted by Gasteiger charge is -2.30. The maximum atomic E-state index is 12.7. The number of rotatable bonds is 4. The van der Waals surface area contributed by atoms with Crippen LogP contribution in [0.1, 0.15) is 12.8 Å². The Morgan fingerprint density at radius 3 is 2.88 bits per heavy atom. The molecule has 26 heavy (non-hydrogen) atoms. The van der Waals surface area contributed by atoms with Crippen LogP contribution in [0, 0.1) is 5.92 Å². The van der Waals surface area contributed by atoms with Gasteiger partial charge in [-0.3, -0.25) is 10.2 Å². The summed E-state index contributed by atoms with van der Waals surface area (Å²) in [4.78, 5) is 16.9. The van der Waals surface area contributed by atoms with Gasteiger partial charge in [0.25, 0.3) is 10.0 Å². The number of para-hydroxylation sites is 2. The Hall–Kier alpha value is -2.23. The van der Waals surface area contributed by atoms with Crippen LogP contribution in [0.15, 0.2) is 52.3 Å². The van der Waals surface area contributed by atoms with Gasteiger partial charge in [0.05, 0.1) is 17.0 Å². The summed E-state index contributed by atoms with van der Waals surface area (Å²) in [5.41, 5.74) is 4.43. The molecule has 1 aromatic carbocycles. The lowest BCUT2D eigenvalue weighted by Crippen LogP contribution is -2.44. The van der Waals surface area contributed by atoms with Gasteiger partial charge in [-0.05, 0) is 36.4 Å². The van der Waals surface area contributed by atoms with Gasteiger partial charge in [-0.1, -0.05) is 18.2 Å². The molecule has 0 aliphatic carbocycles. The third-order valence-electron chi connectivity index (χ3n) is 4.53. The predicted molar refractivity (Wildman–Crippen MR) is 99.9 cm³/mol. The number of fused-ring (bicyclic) bond motifs is 1. The minimum absolute atomic E-state index is 0.193. The van der Waals surface area contributed by atoms with Gasteiger partial charge in [-0.2, -0.15) is 4.31 Å². The van der Waals surface area contributed by atoms with Crippen LogP contribution in [0.25, 0.3) is 11.0 Å². The number of amides is 1. The molecule has 4 rings (SSSR count). The Morgan fingerprint density at radius 2 is 2.08 bits per heavy atom. The summed E-state index contributed by atoms with van der Waals surface area (Å²) in [7, 11) is -3.53. The number of sulfonamides is 1. The summed E-state index contributed by atoms with van der Waals surface area (Å²) >= 11 is 1.20. The van der Waals surface area contributed by atoms with Gasteiger partial charge in [0.1, 0.15) is 10.5 Å². The van der Waals surface area contributed by atoms with Crippen LogP contribution >= 0.6 is 11.3 Å². The summed E-state index contributed by atoms with van der Waals surface area (Å²) in [6, 6.07) is 10.8. The van der Waals surface area contributed by atoms with E-state index in [1.807, 2.05) is 24.3 Å². The average molecular weight is 390 g/mol. The van der Waals surface area contributed by atoms with Gasteiger partial charge in [-0.25, -0.2) is 18.1 Å². The minimum atomic E-state index is -3.53. The molecule has 1 saturated heterocycles. The quantitative estimate of drug-likeness (QED) is 0.741. The highest BCUT2D eigenvalue weighted by Gasteiger charge is 2.34. The van der Waals surface area contributed by atoms with Crippen molar-refractivity contribution in [3.8, 4) is 0 Å². The monoisotopic (exact) mass is 390 g/mol. The fourth-order valence-corrected chi connectivity index (χ4v) is 5.84. The molecule has 1 aliphatic heterocycles. The number of carbonyl (C=O) groups is 1. The molecule has 7 nitrogen and oxygen atoms in total. The van der Waals surface area contributed by atoms with Gasteiger partial charge in [-0.15, -0.1) is 11.3 Å². The molecule has 1 N–H and O–H groups in total. The summed E-state index contributed by atoms with van der Waals surface area (Å²) < 4.78 is 28.7. The molecule has 3 aromatic rings. The first-order valence-electron chi connectivity index (χ1n) is 8.32. The second-order valence-electron chi connectivity index (χ2n) is 6.21. The van der Waals surface area contributed by atoms with Crippen molar-refractivity contribution in [3.63, 3.8) is 0 Å².